The topological polar surface area (TPSA) is 63.4 Å². The summed E-state index contributed by atoms with van der Waals surface area (Å²) in [6.07, 6.45) is 1.76. The van der Waals surface area contributed by atoms with Crippen molar-refractivity contribution in [1.29, 1.82) is 0 Å². The van der Waals surface area contributed by atoms with Crippen LogP contribution in [-0.4, -0.2) is 31.9 Å². The first kappa shape index (κ1) is 16.0. The highest BCUT2D eigenvalue weighted by Gasteiger charge is 2.33. The van der Waals surface area contributed by atoms with Crippen LogP contribution in [0.15, 0.2) is 23.1 Å². The van der Waals surface area contributed by atoms with Crippen LogP contribution >= 0.6 is 23.2 Å². The molecule has 2 N–H and O–H groups in total. The molecule has 1 aromatic rings. The first-order valence-electron chi connectivity index (χ1n) is 6.53. The number of rotatable bonds is 3. The molecular formula is C13H18Cl2N2O2S. The molecule has 2 atom stereocenters. The minimum Gasteiger partial charge on any atom is -0.328 e. The molecule has 2 rings (SSSR count). The first-order chi connectivity index (χ1) is 9.34. The zero-order chi connectivity index (χ0) is 14.9. The summed E-state index contributed by atoms with van der Waals surface area (Å²) in [6.45, 7) is 2.84. The van der Waals surface area contributed by atoms with Crippen molar-refractivity contribution in [3.05, 3.63) is 28.2 Å². The Hall–Kier alpha value is -0.330. The Kier molecular flexibility index (Phi) is 4.97. The quantitative estimate of drug-likeness (QED) is 0.922. The van der Waals surface area contributed by atoms with Crippen LogP contribution in [0.5, 0.6) is 0 Å². The molecule has 0 bridgehead atoms. The Bertz CT molecular complexity index is 590. The Balaban J connectivity index is 2.33. The number of nitrogens with two attached hydrogens (primary N) is 1. The number of nitrogens with zero attached hydrogens (tertiary/aromatic N) is 1. The zero-order valence-electron chi connectivity index (χ0n) is 11.2. The van der Waals surface area contributed by atoms with Crippen LogP contribution in [0.2, 0.25) is 10.0 Å². The SMILES string of the molecule is C[C@H](N)[C@H]1CCCN(S(=O)(=O)c2cccc(Cl)c2Cl)C1. The van der Waals surface area contributed by atoms with Crippen LogP contribution in [0.25, 0.3) is 0 Å². The maximum atomic E-state index is 12.7. The van der Waals surface area contributed by atoms with Crippen molar-refractivity contribution in [1.82, 2.24) is 4.31 Å². The van der Waals surface area contributed by atoms with Crippen molar-refractivity contribution >= 4 is 33.2 Å². The van der Waals surface area contributed by atoms with Gasteiger partial charge in [-0.3, -0.25) is 0 Å². The van der Waals surface area contributed by atoms with Crippen LogP contribution in [-0.2, 0) is 10.0 Å². The maximum Gasteiger partial charge on any atom is 0.244 e. The third-order valence-electron chi connectivity index (χ3n) is 3.70. The second kappa shape index (κ2) is 6.20. The van der Waals surface area contributed by atoms with Gasteiger partial charge in [0.25, 0.3) is 0 Å². The Morgan fingerprint density at radius 1 is 1.40 bits per heavy atom. The average Bonchev–Trinajstić information content (AvgIpc) is 2.41. The third kappa shape index (κ3) is 3.12. The van der Waals surface area contributed by atoms with Crippen LogP contribution in [0.1, 0.15) is 19.8 Å². The molecule has 1 aromatic carbocycles. The molecule has 0 radical (unpaired) electrons. The third-order valence-corrected chi connectivity index (χ3v) is 6.54. The van der Waals surface area contributed by atoms with Gasteiger partial charge in [0.15, 0.2) is 0 Å². The number of hydrogen-bond acceptors (Lipinski definition) is 3. The molecule has 1 aliphatic rings. The van der Waals surface area contributed by atoms with Gasteiger partial charge in [-0.25, -0.2) is 8.42 Å². The molecule has 0 unspecified atom stereocenters. The molecule has 1 saturated heterocycles. The van der Waals surface area contributed by atoms with E-state index in [-0.39, 0.29) is 26.9 Å². The van der Waals surface area contributed by atoms with Crippen molar-refractivity contribution in [2.24, 2.45) is 11.7 Å². The maximum absolute atomic E-state index is 12.7. The minimum atomic E-state index is -3.62. The van der Waals surface area contributed by atoms with Crippen molar-refractivity contribution in [3.63, 3.8) is 0 Å². The van der Waals surface area contributed by atoms with Crippen molar-refractivity contribution in [2.75, 3.05) is 13.1 Å². The summed E-state index contributed by atoms with van der Waals surface area (Å²) in [5.74, 6) is 0.177. The fraction of sp³-hybridized carbons (Fsp3) is 0.538. The molecular weight excluding hydrogens is 319 g/mol. The van der Waals surface area contributed by atoms with Crippen LogP contribution < -0.4 is 5.73 Å². The summed E-state index contributed by atoms with van der Waals surface area (Å²) in [5.41, 5.74) is 5.90. The lowest BCUT2D eigenvalue weighted by Gasteiger charge is -2.33. The minimum absolute atomic E-state index is 0.0252. The number of sulfonamides is 1. The van der Waals surface area contributed by atoms with E-state index in [1.807, 2.05) is 6.92 Å². The summed E-state index contributed by atoms with van der Waals surface area (Å²) >= 11 is 11.9. The van der Waals surface area contributed by atoms with Gasteiger partial charge in [0.2, 0.25) is 10.0 Å². The van der Waals surface area contributed by atoms with E-state index < -0.39 is 10.0 Å². The smallest absolute Gasteiger partial charge is 0.244 e. The standard InChI is InChI=1S/C13H18Cl2N2O2S/c1-9(16)10-4-3-7-17(8-10)20(18,19)12-6-2-5-11(14)13(12)15/h2,5-6,9-10H,3-4,7-8,16H2,1H3/t9-,10-/m0/s1. The summed E-state index contributed by atoms with van der Waals surface area (Å²) < 4.78 is 26.8. The summed E-state index contributed by atoms with van der Waals surface area (Å²) in [5, 5.41) is 0.325. The summed E-state index contributed by atoms with van der Waals surface area (Å²) in [4.78, 5) is 0.0667. The normalized spacial score (nSPS) is 22.7. The fourth-order valence-corrected chi connectivity index (χ4v) is 4.72. The number of hydrogen-bond donors (Lipinski definition) is 1. The Labute approximate surface area is 129 Å². The van der Waals surface area contributed by atoms with E-state index in [0.29, 0.717) is 13.1 Å². The largest absolute Gasteiger partial charge is 0.328 e. The van der Waals surface area contributed by atoms with Crippen LogP contribution in [0, 0.1) is 5.92 Å². The van der Waals surface area contributed by atoms with E-state index in [1.54, 1.807) is 12.1 Å². The van der Waals surface area contributed by atoms with E-state index >= 15 is 0 Å². The lowest BCUT2D eigenvalue weighted by atomic mass is 9.93. The van der Waals surface area contributed by atoms with E-state index in [1.165, 1.54) is 10.4 Å². The highest BCUT2D eigenvalue weighted by molar-refractivity contribution is 7.89. The predicted octanol–water partition coefficient (Wildman–Crippen LogP) is 2.74. The van der Waals surface area contributed by atoms with Gasteiger partial charge in [-0.05, 0) is 37.8 Å². The molecule has 0 spiro atoms. The number of piperidine rings is 1. The molecule has 7 heteroatoms. The zero-order valence-corrected chi connectivity index (χ0v) is 13.5. The van der Waals surface area contributed by atoms with Crippen molar-refractivity contribution in [3.8, 4) is 0 Å². The van der Waals surface area contributed by atoms with Crippen LogP contribution in [0.4, 0.5) is 0 Å². The molecule has 1 heterocycles. The number of benzene rings is 1. The lowest BCUT2D eigenvalue weighted by Crippen LogP contribution is -2.45. The van der Waals surface area contributed by atoms with Gasteiger partial charge in [0.1, 0.15) is 4.90 Å². The molecule has 1 aliphatic heterocycles. The lowest BCUT2D eigenvalue weighted by molar-refractivity contribution is 0.243. The van der Waals surface area contributed by atoms with E-state index in [0.717, 1.165) is 12.8 Å². The van der Waals surface area contributed by atoms with Gasteiger partial charge in [-0.1, -0.05) is 29.3 Å². The van der Waals surface area contributed by atoms with Gasteiger partial charge in [0, 0.05) is 19.1 Å². The monoisotopic (exact) mass is 336 g/mol. The molecule has 0 aliphatic carbocycles. The van der Waals surface area contributed by atoms with Gasteiger partial charge in [0.05, 0.1) is 10.0 Å². The van der Waals surface area contributed by atoms with Crippen LogP contribution in [0.3, 0.4) is 0 Å². The molecule has 20 heavy (non-hydrogen) atoms. The van der Waals surface area contributed by atoms with Crippen molar-refractivity contribution < 1.29 is 8.42 Å². The summed E-state index contributed by atoms with van der Waals surface area (Å²) in [6, 6.07) is 4.62. The average molecular weight is 337 g/mol. The highest BCUT2D eigenvalue weighted by atomic mass is 35.5. The molecule has 4 nitrogen and oxygen atoms in total. The molecule has 0 saturated carbocycles. The van der Waals surface area contributed by atoms with Gasteiger partial charge >= 0.3 is 0 Å². The predicted molar refractivity (Wildman–Crippen MR) is 81.6 cm³/mol. The second-order valence-corrected chi connectivity index (χ2v) is 7.87. The molecule has 112 valence electrons. The van der Waals surface area contributed by atoms with E-state index in [2.05, 4.69) is 0 Å². The van der Waals surface area contributed by atoms with Gasteiger partial charge in [-0.2, -0.15) is 4.31 Å². The molecule has 1 fully saturated rings. The molecule has 0 amide bonds. The number of halogens is 2. The highest BCUT2D eigenvalue weighted by Crippen LogP contribution is 2.32. The fourth-order valence-electron chi connectivity index (χ4n) is 2.44. The second-order valence-electron chi connectivity index (χ2n) is 5.18. The summed E-state index contributed by atoms with van der Waals surface area (Å²) in [7, 11) is -3.62. The van der Waals surface area contributed by atoms with Gasteiger partial charge < -0.3 is 5.73 Å². The van der Waals surface area contributed by atoms with Gasteiger partial charge in [-0.15, -0.1) is 0 Å². The van der Waals surface area contributed by atoms with Crippen molar-refractivity contribution in [2.45, 2.75) is 30.7 Å². The Morgan fingerprint density at radius 2 is 2.10 bits per heavy atom. The molecule has 0 aromatic heterocycles. The first-order valence-corrected chi connectivity index (χ1v) is 8.73. The van der Waals surface area contributed by atoms with E-state index in [9.17, 15) is 8.42 Å². The van der Waals surface area contributed by atoms with E-state index in [4.69, 9.17) is 28.9 Å². The Morgan fingerprint density at radius 3 is 2.75 bits per heavy atom.